The fourth-order valence-corrected chi connectivity index (χ4v) is 8.23. The number of ether oxygens (including phenoxy) is 8. The van der Waals surface area contributed by atoms with Crippen molar-refractivity contribution >= 4 is 0 Å². The van der Waals surface area contributed by atoms with Crippen molar-refractivity contribution in [2.45, 2.75) is 161 Å². The summed E-state index contributed by atoms with van der Waals surface area (Å²) in [6, 6.07) is 41.1. The molecule has 0 spiro atoms. The number of hydrogen-bond acceptors (Lipinski definition) is 9. The van der Waals surface area contributed by atoms with Crippen molar-refractivity contribution in [2.24, 2.45) is 0 Å². The van der Waals surface area contributed by atoms with Crippen molar-refractivity contribution in [1.29, 1.82) is 0 Å². The lowest BCUT2D eigenvalue weighted by Crippen LogP contribution is -2.62. The average molecular weight is 836 g/mol. The molecule has 0 bridgehead atoms. The Morgan fingerprint density at radius 3 is 1.43 bits per heavy atom. The molecule has 61 heavy (non-hydrogen) atoms. The van der Waals surface area contributed by atoms with Crippen molar-refractivity contribution in [2.75, 3.05) is 6.61 Å². The number of hydrogen-bond donors (Lipinski definition) is 0. The molecule has 330 valence electrons. The molecule has 0 amide bonds. The second-order valence-corrected chi connectivity index (χ2v) is 17.2. The summed E-state index contributed by atoms with van der Waals surface area (Å²) >= 11 is 0. The van der Waals surface area contributed by atoms with Crippen LogP contribution in [0.2, 0.25) is 0 Å². The van der Waals surface area contributed by atoms with E-state index in [-0.39, 0.29) is 48.7 Å². The largest absolute Gasteiger partial charge is 0.375 e. The second-order valence-electron chi connectivity index (χ2n) is 17.2. The van der Waals surface area contributed by atoms with E-state index in [4.69, 9.17) is 37.9 Å². The first-order valence-corrected chi connectivity index (χ1v) is 22.2. The minimum Gasteiger partial charge on any atom is -0.375 e. The molecule has 0 N–H and O–H groups in total. The van der Waals surface area contributed by atoms with Crippen LogP contribution in [0.25, 0.3) is 0 Å². The molecule has 6 rings (SSSR count). The van der Waals surface area contributed by atoms with Crippen LogP contribution in [0.4, 0.5) is 0 Å². The molecule has 0 aliphatic carbocycles. The predicted octanol–water partition coefficient (Wildman–Crippen LogP) is 9.71. The molecule has 0 unspecified atom stereocenters. The zero-order valence-corrected chi connectivity index (χ0v) is 37.5. The minimum absolute atomic E-state index is 0.0849. The van der Waals surface area contributed by atoms with Crippen LogP contribution < -0.4 is 0 Å². The fourth-order valence-electron chi connectivity index (χ4n) is 8.23. The summed E-state index contributed by atoms with van der Waals surface area (Å²) in [6.07, 6.45) is 0.552. The van der Waals surface area contributed by atoms with Crippen molar-refractivity contribution in [3.8, 4) is 0 Å². The molecule has 2 saturated heterocycles. The standard InChI is InChI=1S/C52H69NO8/c1-36(2)57-49-46(61-52(60-39(7)8)51(59-38(5)6)50(49)58-37(3)4)30-29-44-47(55-33-42-25-17-11-18-26-42)48(56-34-43-27-19-12-20-28-43)45(35-54-32-41-23-15-10-16-24-41)53(44)31-40-21-13-9-14-22-40/h9-30,36-39,44-52H,31-35H2,1-8H3/b30-29+/t44-,45-,46+,47-,48+,49-,50-,51+,52-/m0/s1. The van der Waals surface area contributed by atoms with Crippen LogP contribution in [-0.4, -0.2) is 90.9 Å². The van der Waals surface area contributed by atoms with Crippen LogP contribution in [-0.2, 0) is 64.3 Å². The lowest BCUT2D eigenvalue weighted by Gasteiger charge is -2.47. The lowest BCUT2D eigenvalue weighted by atomic mass is 9.95. The SMILES string of the molecule is CC(C)O[C@H]1O[C@H](/C=C/[C@H]2[C@H](OCc3ccccc3)[C@H](OCc3ccccc3)[C@H](COCc3ccccc3)N2Cc2ccccc2)[C@H](OC(C)C)[C@H](OC(C)C)[C@H]1OC(C)C. The summed E-state index contributed by atoms with van der Waals surface area (Å²) in [5.74, 6) is 0. The molecule has 9 heteroatoms. The quantitative estimate of drug-likeness (QED) is 0.0720. The molecule has 2 aliphatic rings. The Hall–Kier alpha value is -3.74. The summed E-state index contributed by atoms with van der Waals surface area (Å²) in [5.41, 5.74) is 4.48. The molecule has 0 saturated carbocycles. The molecule has 4 aromatic rings. The summed E-state index contributed by atoms with van der Waals surface area (Å²) in [6.45, 7) is 18.7. The zero-order chi connectivity index (χ0) is 43.1. The third-order valence-corrected chi connectivity index (χ3v) is 10.8. The van der Waals surface area contributed by atoms with Gasteiger partial charge in [-0.05, 0) is 77.6 Å². The van der Waals surface area contributed by atoms with E-state index in [0.717, 1.165) is 16.7 Å². The Bertz CT molecular complexity index is 1830. The first-order chi connectivity index (χ1) is 29.5. The van der Waals surface area contributed by atoms with E-state index in [1.54, 1.807) is 0 Å². The summed E-state index contributed by atoms with van der Waals surface area (Å²) in [5, 5.41) is 0. The minimum atomic E-state index is -0.692. The van der Waals surface area contributed by atoms with Gasteiger partial charge >= 0.3 is 0 Å². The van der Waals surface area contributed by atoms with Gasteiger partial charge in [-0.3, -0.25) is 4.90 Å². The van der Waals surface area contributed by atoms with E-state index >= 15 is 0 Å². The Labute approximate surface area is 365 Å². The van der Waals surface area contributed by atoms with Gasteiger partial charge in [-0.25, -0.2) is 0 Å². The Balaban J connectivity index is 1.43. The topological polar surface area (TPSA) is 77.1 Å². The van der Waals surface area contributed by atoms with Crippen LogP contribution in [0.5, 0.6) is 0 Å². The number of benzene rings is 4. The van der Waals surface area contributed by atoms with Gasteiger partial charge < -0.3 is 37.9 Å². The van der Waals surface area contributed by atoms with E-state index in [0.29, 0.717) is 33.0 Å². The Morgan fingerprint density at radius 2 is 0.918 bits per heavy atom. The highest BCUT2D eigenvalue weighted by Crippen LogP contribution is 2.37. The van der Waals surface area contributed by atoms with Gasteiger partial charge in [0, 0.05) is 6.54 Å². The molecular formula is C52H69NO8. The van der Waals surface area contributed by atoms with Gasteiger partial charge in [-0.2, -0.15) is 0 Å². The fraction of sp³-hybridized carbons (Fsp3) is 0.500. The van der Waals surface area contributed by atoms with Gasteiger partial charge in [-0.15, -0.1) is 0 Å². The smallest absolute Gasteiger partial charge is 0.187 e. The number of likely N-dealkylation sites (tertiary alicyclic amines) is 1. The van der Waals surface area contributed by atoms with Gasteiger partial charge in [-0.1, -0.05) is 133 Å². The highest BCUT2D eigenvalue weighted by molar-refractivity contribution is 5.21. The molecule has 2 fully saturated rings. The maximum atomic E-state index is 7.09. The molecule has 9 nitrogen and oxygen atoms in total. The molecule has 9 atom stereocenters. The highest BCUT2D eigenvalue weighted by atomic mass is 16.7. The predicted molar refractivity (Wildman–Crippen MR) is 240 cm³/mol. The van der Waals surface area contributed by atoms with E-state index in [1.807, 2.05) is 110 Å². The van der Waals surface area contributed by atoms with Crippen LogP contribution in [0.1, 0.15) is 77.6 Å². The number of nitrogens with zero attached hydrogens (tertiary/aromatic N) is 1. The lowest BCUT2D eigenvalue weighted by molar-refractivity contribution is -0.327. The summed E-state index contributed by atoms with van der Waals surface area (Å²) < 4.78 is 54.2. The van der Waals surface area contributed by atoms with Gasteiger partial charge in [0.25, 0.3) is 0 Å². The third kappa shape index (κ3) is 13.9. The van der Waals surface area contributed by atoms with E-state index in [9.17, 15) is 0 Å². The molecule has 4 aromatic carbocycles. The number of rotatable bonds is 22. The van der Waals surface area contributed by atoms with E-state index in [1.165, 1.54) is 5.56 Å². The van der Waals surface area contributed by atoms with Gasteiger partial charge in [0.2, 0.25) is 0 Å². The van der Waals surface area contributed by atoms with E-state index in [2.05, 4.69) is 83.8 Å². The van der Waals surface area contributed by atoms with Crippen molar-refractivity contribution in [3.05, 3.63) is 156 Å². The van der Waals surface area contributed by atoms with Gasteiger partial charge in [0.05, 0.1) is 62.9 Å². The summed E-state index contributed by atoms with van der Waals surface area (Å²) in [4.78, 5) is 2.48. The molecular weight excluding hydrogens is 767 g/mol. The average Bonchev–Trinajstić information content (AvgIpc) is 3.51. The molecule has 0 radical (unpaired) electrons. The maximum Gasteiger partial charge on any atom is 0.187 e. The first-order valence-electron chi connectivity index (χ1n) is 22.2. The van der Waals surface area contributed by atoms with Crippen LogP contribution in [0.3, 0.4) is 0 Å². The highest BCUT2D eigenvalue weighted by Gasteiger charge is 2.52. The van der Waals surface area contributed by atoms with Crippen molar-refractivity contribution in [1.82, 2.24) is 4.90 Å². The van der Waals surface area contributed by atoms with Crippen LogP contribution in [0.15, 0.2) is 133 Å². The van der Waals surface area contributed by atoms with Crippen LogP contribution in [0, 0.1) is 0 Å². The van der Waals surface area contributed by atoms with Gasteiger partial charge in [0.1, 0.15) is 36.6 Å². The maximum absolute atomic E-state index is 7.09. The molecule has 2 heterocycles. The van der Waals surface area contributed by atoms with Crippen molar-refractivity contribution < 1.29 is 37.9 Å². The molecule has 2 aliphatic heterocycles. The Morgan fingerprint density at radius 1 is 0.475 bits per heavy atom. The van der Waals surface area contributed by atoms with Gasteiger partial charge in [0.15, 0.2) is 6.29 Å². The Kier molecular flexibility index (Phi) is 18.1. The molecule has 0 aromatic heterocycles. The van der Waals surface area contributed by atoms with E-state index < -0.39 is 30.7 Å². The monoisotopic (exact) mass is 836 g/mol. The van der Waals surface area contributed by atoms with Crippen molar-refractivity contribution in [3.63, 3.8) is 0 Å². The first kappa shape index (κ1) is 46.8. The second kappa shape index (κ2) is 23.6. The third-order valence-electron chi connectivity index (χ3n) is 10.8. The zero-order valence-electron chi connectivity index (χ0n) is 37.5. The normalized spacial score (nSPS) is 26.1. The summed E-state index contributed by atoms with van der Waals surface area (Å²) in [7, 11) is 0. The van der Waals surface area contributed by atoms with Crippen LogP contribution >= 0.6 is 0 Å².